The number of ether oxygens (including phenoxy) is 1. The first kappa shape index (κ1) is 22.3. The van der Waals surface area contributed by atoms with E-state index in [-0.39, 0.29) is 22.9 Å². The SMILES string of the molecule is COC(=O)CCCC=C(Br)CC1=CC(O[Si](C)(C)C(C)(C)C)CC1=O. The fourth-order valence-corrected chi connectivity index (χ4v) is 4.13. The van der Waals surface area contributed by atoms with Gasteiger partial charge in [-0.15, -0.1) is 0 Å². The van der Waals surface area contributed by atoms with Crippen molar-refractivity contribution in [2.45, 2.75) is 77.1 Å². The van der Waals surface area contributed by atoms with E-state index in [2.05, 4.69) is 54.5 Å². The van der Waals surface area contributed by atoms with E-state index in [1.54, 1.807) is 0 Å². The Bertz CT molecular complexity index is 558. The largest absolute Gasteiger partial charge is 0.469 e. The molecule has 0 amide bonds. The lowest BCUT2D eigenvalue weighted by Gasteiger charge is -2.37. The Morgan fingerprint density at radius 3 is 2.60 bits per heavy atom. The third-order valence-corrected chi connectivity index (χ3v) is 10.0. The number of unbranched alkanes of at least 4 members (excludes halogenated alkanes) is 1. The van der Waals surface area contributed by atoms with Crippen LogP contribution in [0.1, 0.15) is 52.9 Å². The van der Waals surface area contributed by atoms with Gasteiger partial charge in [-0.25, -0.2) is 0 Å². The summed E-state index contributed by atoms with van der Waals surface area (Å²) in [5.74, 6) is -0.0209. The highest BCUT2D eigenvalue weighted by atomic mass is 79.9. The predicted octanol–water partition coefficient (Wildman–Crippen LogP) is 5.29. The van der Waals surface area contributed by atoms with Crippen LogP contribution in [0.3, 0.4) is 0 Å². The molecule has 0 aliphatic heterocycles. The number of carbonyl (C=O) groups excluding carboxylic acids is 2. The summed E-state index contributed by atoms with van der Waals surface area (Å²) in [6, 6.07) is 0. The van der Waals surface area contributed by atoms with Crippen molar-refractivity contribution in [1.82, 2.24) is 0 Å². The fourth-order valence-electron chi connectivity index (χ4n) is 2.34. The molecule has 0 saturated heterocycles. The summed E-state index contributed by atoms with van der Waals surface area (Å²) in [5, 5.41) is 0.132. The smallest absolute Gasteiger partial charge is 0.305 e. The second-order valence-electron chi connectivity index (χ2n) is 8.03. The standard InChI is InChI=1S/C19H31BrO4Si/c1-19(2,3)25(5,6)24-16-12-14(17(21)13-16)11-15(20)9-7-8-10-18(22)23-4/h9,12,16H,7-8,10-11,13H2,1-6H3. The first-order valence-electron chi connectivity index (χ1n) is 8.79. The van der Waals surface area contributed by atoms with E-state index in [0.29, 0.717) is 19.3 Å². The van der Waals surface area contributed by atoms with Gasteiger partial charge in [0.25, 0.3) is 0 Å². The van der Waals surface area contributed by atoms with Crippen molar-refractivity contribution in [1.29, 1.82) is 0 Å². The molecule has 1 atom stereocenters. The molecule has 0 aromatic heterocycles. The van der Waals surface area contributed by atoms with Gasteiger partial charge in [-0.05, 0) is 47.1 Å². The second kappa shape index (κ2) is 9.28. The zero-order chi connectivity index (χ0) is 19.3. The van der Waals surface area contributed by atoms with Crippen molar-refractivity contribution >= 4 is 36.0 Å². The van der Waals surface area contributed by atoms with Gasteiger partial charge >= 0.3 is 5.97 Å². The lowest BCUT2D eigenvalue weighted by Crippen LogP contribution is -2.43. The van der Waals surface area contributed by atoms with Crippen LogP contribution in [-0.2, 0) is 18.8 Å². The molecule has 4 nitrogen and oxygen atoms in total. The molecular weight excluding hydrogens is 400 g/mol. The Balaban J connectivity index is 2.58. The summed E-state index contributed by atoms with van der Waals surface area (Å²) in [6.07, 6.45) is 6.90. The number of rotatable bonds is 8. The molecule has 0 N–H and O–H groups in total. The zero-order valence-electron chi connectivity index (χ0n) is 16.3. The van der Waals surface area contributed by atoms with Crippen LogP contribution >= 0.6 is 15.9 Å². The van der Waals surface area contributed by atoms with Crippen LogP contribution < -0.4 is 0 Å². The highest BCUT2D eigenvalue weighted by Gasteiger charge is 2.40. The third kappa shape index (κ3) is 7.19. The van der Waals surface area contributed by atoms with Gasteiger partial charge in [0.05, 0.1) is 13.2 Å². The first-order chi connectivity index (χ1) is 11.5. The average molecular weight is 431 g/mol. The normalized spacial score (nSPS) is 19.2. The van der Waals surface area contributed by atoms with Gasteiger partial charge in [0, 0.05) is 19.3 Å². The van der Waals surface area contributed by atoms with Crippen LogP contribution in [0.25, 0.3) is 0 Å². The van der Waals surface area contributed by atoms with Gasteiger partial charge in [-0.1, -0.05) is 42.8 Å². The van der Waals surface area contributed by atoms with E-state index in [4.69, 9.17) is 4.43 Å². The van der Waals surface area contributed by atoms with Gasteiger partial charge in [0.15, 0.2) is 14.1 Å². The minimum atomic E-state index is -1.88. The monoisotopic (exact) mass is 430 g/mol. The van der Waals surface area contributed by atoms with Crippen molar-refractivity contribution in [3.63, 3.8) is 0 Å². The maximum atomic E-state index is 12.3. The van der Waals surface area contributed by atoms with Crippen LogP contribution in [-0.4, -0.2) is 33.3 Å². The van der Waals surface area contributed by atoms with Crippen molar-refractivity contribution < 1.29 is 18.8 Å². The number of carbonyl (C=O) groups is 2. The number of halogens is 1. The Morgan fingerprint density at radius 2 is 2.04 bits per heavy atom. The highest BCUT2D eigenvalue weighted by molar-refractivity contribution is 9.11. The number of hydrogen-bond acceptors (Lipinski definition) is 4. The van der Waals surface area contributed by atoms with Crippen LogP contribution in [0.2, 0.25) is 18.1 Å². The van der Waals surface area contributed by atoms with Crippen molar-refractivity contribution in [3.05, 3.63) is 22.2 Å². The summed E-state index contributed by atoms with van der Waals surface area (Å²) in [7, 11) is -0.479. The molecule has 1 aliphatic rings. The van der Waals surface area contributed by atoms with Crippen LogP contribution in [0.15, 0.2) is 22.2 Å². The first-order valence-corrected chi connectivity index (χ1v) is 12.5. The maximum absolute atomic E-state index is 12.3. The molecule has 0 radical (unpaired) electrons. The summed E-state index contributed by atoms with van der Waals surface area (Å²) >= 11 is 3.53. The molecule has 0 heterocycles. The third-order valence-electron chi connectivity index (χ3n) is 4.92. The molecule has 0 fully saturated rings. The van der Waals surface area contributed by atoms with Crippen LogP contribution in [0, 0.1) is 0 Å². The molecular formula is C19H31BrO4Si. The summed E-state index contributed by atoms with van der Waals surface area (Å²) < 4.78 is 11.9. The molecule has 0 aromatic carbocycles. The van der Waals surface area contributed by atoms with E-state index in [1.165, 1.54) is 7.11 Å². The van der Waals surface area contributed by atoms with Crippen molar-refractivity contribution in [2.24, 2.45) is 0 Å². The van der Waals surface area contributed by atoms with Gasteiger partial charge in [0.1, 0.15) is 0 Å². The lowest BCUT2D eigenvalue weighted by atomic mass is 10.1. The number of esters is 1. The Hall–Kier alpha value is -0.723. The second-order valence-corrected chi connectivity index (χ2v) is 13.8. The Kier molecular flexibility index (Phi) is 8.29. The summed E-state index contributed by atoms with van der Waals surface area (Å²) in [6.45, 7) is 11.0. The number of Topliss-reactive ketones (excluding diaryl/α,β-unsaturated/α-hetero) is 1. The summed E-state index contributed by atoms with van der Waals surface area (Å²) in [4.78, 5) is 23.4. The lowest BCUT2D eigenvalue weighted by molar-refractivity contribution is -0.140. The van der Waals surface area contributed by atoms with Gasteiger partial charge < -0.3 is 9.16 Å². The quantitative estimate of drug-likeness (QED) is 0.298. The van der Waals surface area contributed by atoms with Gasteiger partial charge in [-0.3, -0.25) is 9.59 Å². The topological polar surface area (TPSA) is 52.6 Å². The number of hydrogen-bond donors (Lipinski definition) is 0. The molecule has 1 aliphatic carbocycles. The van der Waals surface area contributed by atoms with Gasteiger partial charge in [0.2, 0.25) is 0 Å². The van der Waals surface area contributed by atoms with Gasteiger partial charge in [-0.2, -0.15) is 0 Å². The molecule has 6 heteroatoms. The molecule has 25 heavy (non-hydrogen) atoms. The maximum Gasteiger partial charge on any atom is 0.305 e. The minimum absolute atomic E-state index is 0.0944. The summed E-state index contributed by atoms with van der Waals surface area (Å²) in [5.41, 5.74) is 0.819. The van der Waals surface area contributed by atoms with Crippen LogP contribution in [0.5, 0.6) is 0 Å². The zero-order valence-corrected chi connectivity index (χ0v) is 18.9. The number of methoxy groups -OCH3 is 1. The Morgan fingerprint density at radius 1 is 1.40 bits per heavy atom. The molecule has 1 unspecified atom stereocenters. The van der Waals surface area contributed by atoms with E-state index in [0.717, 1.165) is 22.9 Å². The number of ketones is 1. The van der Waals surface area contributed by atoms with E-state index in [9.17, 15) is 9.59 Å². The predicted molar refractivity (Wildman–Crippen MR) is 107 cm³/mol. The van der Waals surface area contributed by atoms with Crippen molar-refractivity contribution in [2.75, 3.05) is 7.11 Å². The Labute approximate surface area is 161 Å². The molecule has 142 valence electrons. The molecule has 0 spiro atoms. The van der Waals surface area contributed by atoms with Crippen molar-refractivity contribution in [3.8, 4) is 0 Å². The molecule has 0 aromatic rings. The van der Waals surface area contributed by atoms with E-state index >= 15 is 0 Å². The average Bonchev–Trinajstić information content (AvgIpc) is 2.81. The molecule has 1 rings (SSSR count). The molecule has 0 bridgehead atoms. The molecule has 0 saturated carbocycles. The minimum Gasteiger partial charge on any atom is -0.469 e. The number of allylic oxidation sites excluding steroid dienone is 3. The fraction of sp³-hybridized carbons (Fsp3) is 0.684. The van der Waals surface area contributed by atoms with E-state index < -0.39 is 8.32 Å². The highest BCUT2D eigenvalue weighted by Crippen LogP contribution is 2.39. The van der Waals surface area contributed by atoms with Crippen LogP contribution in [0.4, 0.5) is 0 Å². The van der Waals surface area contributed by atoms with E-state index in [1.807, 2.05) is 12.2 Å².